The van der Waals surface area contributed by atoms with Crippen molar-refractivity contribution in [3.8, 4) is 0 Å². The summed E-state index contributed by atoms with van der Waals surface area (Å²) < 4.78 is 27.0. The van der Waals surface area contributed by atoms with Crippen LogP contribution in [0.4, 0.5) is 0 Å². The molecule has 0 spiro atoms. The van der Waals surface area contributed by atoms with Crippen LogP contribution in [0.2, 0.25) is 0 Å². The topological polar surface area (TPSA) is 88.9 Å². The molecule has 0 bridgehead atoms. The fourth-order valence-corrected chi connectivity index (χ4v) is 3.95. The number of nitrogens with two attached hydrogens (primary N) is 1. The number of amidine groups is 1. The molecule has 5 nitrogen and oxygen atoms in total. The molecule has 0 fully saturated rings. The van der Waals surface area contributed by atoms with E-state index in [0.717, 1.165) is 16.5 Å². The van der Waals surface area contributed by atoms with Crippen LogP contribution in [-0.2, 0) is 16.4 Å². The number of nitrogens with zero attached hydrogens (tertiary/aromatic N) is 1. The van der Waals surface area contributed by atoms with Crippen LogP contribution in [0.3, 0.4) is 0 Å². The van der Waals surface area contributed by atoms with Gasteiger partial charge in [0.05, 0.1) is 16.2 Å². The van der Waals surface area contributed by atoms with E-state index in [1.807, 2.05) is 13.0 Å². The van der Waals surface area contributed by atoms with E-state index in [4.69, 9.17) is 11.1 Å². The van der Waals surface area contributed by atoms with Crippen molar-refractivity contribution >= 4 is 26.8 Å². The van der Waals surface area contributed by atoms with Crippen molar-refractivity contribution in [1.82, 2.24) is 3.97 Å². The Labute approximate surface area is 134 Å². The number of hydrogen-bond acceptors (Lipinski definition) is 3. The van der Waals surface area contributed by atoms with Crippen molar-refractivity contribution in [2.45, 2.75) is 18.2 Å². The molecule has 118 valence electrons. The van der Waals surface area contributed by atoms with Crippen LogP contribution in [0.15, 0.2) is 59.6 Å². The Morgan fingerprint density at radius 2 is 1.83 bits per heavy atom. The molecule has 0 unspecified atom stereocenters. The zero-order valence-electron chi connectivity index (χ0n) is 12.7. The number of fused-ring (bicyclic) bond motifs is 1. The summed E-state index contributed by atoms with van der Waals surface area (Å²) in [5, 5.41) is 8.23. The molecule has 2 aromatic carbocycles. The third kappa shape index (κ3) is 2.73. The highest BCUT2D eigenvalue weighted by molar-refractivity contribution is 7.90. The first-order valence-corrected chi connectivity index (χ1v) is 8.58. The van der Waals surface area contributed by atoms with E-state index in [9.17, 15) is 8.42 Å². The summed E-state index contributed by atoms with van der Waals surface area (Å²) in [6.45, 7) is 1.91. The van der Waals surface area contributed by atoms with Gasteiger partial charge in [-0.2, -0.15) is 0 Å². The first-order valence-electron chi connectivity index (χ1n) is 7.14. The second-order valence-corrected chi connectivity index (χ2v) is 7.30. The SMILES string of the molecule is Cc1ccc(S(=O)(=O)n2ccc3c(CC(=N)N)cccc32)cc1. The minimum absolute atomic E-state index is 0.0478. The van der Waals surface area contributed by atoms with Crippen molar-refractivity contribution < 1.29 is 8.42 Å². The average Bonchev–Trinajstić information content (AvgIpc) is 2.93. The van der Waals surface area contributed by atoms with Gasteiger partial charge in [-0.15, -0.1) is 0 Å². The van der Waals surface area contributed by atoms with Crippen LogP contribution >= 0.6 is 0 Å². The van der Waals surface area contributed by atoms with E-state index in [2.05, 4.69) is 0 Å². The van der Waals surface area contributed by atoms with Crippen molar-refractivity contribution in [3.05, 3.63) is 65.9 Å². The van der Waals surface area contributed by atoms with E-state index in [0.29, 0.717) is 11.9 Å². The van der Waals surface area contributed by atoms with Crippen molar-refractivity contribution in [3.63, 3.8) is 0 Å². The molecule has 23 heavy (non-hydrogen) atoms. The van der Waals surface area contributed by atoms with Gasteiger partial charge in [0.2, 0.25) is 0 Å². The molecule has 0 aliphatic heterocycles. The quantitative estimate of drug-likeness (QED) is 0.570. The number of rotatable bonds is 4. The Bertz CT molecular complexity index is 986. The largest absolute Gasteiger partial charge is 0.387 e. The lowest BCUT2D eigenvalue weighted by molar-refractivity contribution is 0.589. The van der Waals surface area contributed by atoms with Gasteiger partial charge in [0, 0.05) is 18.0 Å². The van der Waals surface area contributed by atoms with Crippen LogP contribution in [-0.4, -0.2) is 18.2 Å². The maximum absolute atomic E-state index is 12.8. The molecule has 1 aromatic heterocycles. The Morgan fingerprint density at radius 1 is 1.13 bits per heavy atom. The summed E-state index contributed by atoms with van der Waals surface area (Å²) in [7, 11) is -3.65. The van der Waals surface area contributed by atoms with Crippen LogP contribution in [0.5, 0.6) is 0 Å². The van der Waals surface area contributed by atoms with Gasteiger partial charge in [-0.05, 0) is 36.8 Å². The van der Waals surface area contributed by atoms with Gasteiger partial charge in [-0.3, -0.25) is 5.41 Å². The standard InChI is InChI=1S/C17H17N3O2S/c1-12-5-7-14(8-6-12)23(21,22)20-10-9-15-13(11-17(18)19)3-2-4-16(15)20/h2-10H,11H2,1H3,(H3,18,19). The molecule has 3 aromatic rings. The third-order valence-corrected chi connectivity index (χ3v) is 5.45. The predicted octanol–water partition coefficient (Wildman–Crippen LogP) is 2.67. The minimum Gasteiger partial charge on any atom is -0.387 e. The monoisotopic (exact) mass is 327 g/mol. The molecule has 0 atom stereocenters. The van der Waals surface area contributed by atoms with Crippen molar-refractivity contribution in [2.24, 2.45) is 5.73 Å². The molecular formula is C17H17N3O2S. The first-order chi connectivity index (χ1) is 10.9. The summed E-state index contributed by atoms with van der Waals surface area (Å²) in [5.74, 6) is 0.0478. The summed E-state index contributed by atoms with van der Waals surface area (Å²) in [4.78, 5) is 0.248. The molecule has 6 heteroatoms. The number of benzene rings is 2. The van der Waals surface area contributed by atoms with Crippen LogP contribution in [0.25, 0.3) is 10.9 Å². The Kier molecular flexibility index (Phi) is 3.69. The molecule has 0 amide bonds. The van der Waals surface area contributed by atoms with Gasteiger partial charge in [-0.1, -0.05) is 29.8 Å². The summed E-state index contributed by atoms with van der Waals surface area (Å²) in [6, 6.07) is 13.9. The fourth-order valence-electron chi connectivity index (χ4n) is 2.60. The average molecular weight is 327 g/mol. The van der Waals surface area contributed by atoms with Crippen molar-refractivity contribution in [1.29, 1.82) is 5.41 Å². The van der Waals surface area contributed by atoms with Gasteiger partial charge in [0.25, 0.3) is 10.0 Å². The number of aromatic nitrogens is 1. The first kappa shape index (κ1) is 15.3. The Balaban J connectivity index is 2.17. The smallest absolute Gasteiger partial charge is 0.268 e. The number of aryl methyl sites for hydroxylation is 1. The fraction of sp³-hybridized carbons (Fsp3) is 0.118. The molecule has 0 aliphatic carbocycles. The molecule has 0 aliphatic rings. The molecule has 0 radical (unpaired) electrons. The van der Waals surface area contributed by atoms with E-state index in [1.165, 1.54) is 3.97 Å². The molecule has 3 rings (SSSR count). The molecule has 0 saturated heterocycles. The van der Waals surface area contributed by atoms with Gasteiger partial charge >= 0.3 is 0 Å². The highest BCUT2D eigenvalue weighted by atomic mass is 32.2. The van der Waals surface area contributed by atoms with E-state index >= 15 is 0 Å². The highest BCUT2D eigenvalue weighted by Gasteiger charge is 2.19. The van der Waals surface area contributed by atoms with E-state index in [1.54, 1.807) is 48.7 Å². The predicted molar refractivity (Wildman–Crippen MR) is 91.3 cm³/mol. The van der Waals surface area contributed by atoms with Crippen molar-refractivity contribution in [2.75, 3.05) is 0 Å². The number of nitrogens with one attached hydrogen (secondary N) is 1. The highest BCUT2D eigenvalue weighted by Crippen LogP contribution is 2.25. The maximum Gasteiger partial charge on any atom is 0.268 e. The summed E-state index contributed by atoms with van der Waals surface area (Å²) in [6.07, 6.45) is 1.84. The second-order valence-electron chi connectivity index (χ2n) is 5.48. The van der Waals surface area contributed by atoms with Crippen LogP contribution in [0.1, 0.15) is 11.1 Å². The van der Waals surface area contributed by atoms with Gasteiger partial charge in [0.1, 0.15) is 0 Å². The lowest BCUT2D eigenvalue weighted by Crippen LogP contribution is -2.13. The van der Waals surface area contributed by atoms with Gasteiger partial charge in [0.15, 0.2) is 0 Å². The maximum atomic E-state index is 12.8. The molecule has 0 saturated carbocycles. The molecule has 1 heterocycles. The lowest BCUT2D eigenvalue weighted by Gasteiger charge is -2.09. The summed E-state index contributed by atoms with van der Waals surface area (Å²) in [5.41, 5.74) is 7.90. The normalized spacial score (nSPS) is 11.7. The molecule has 3 N–H and O–H groups in total. The zero-order valence-corrected chi connectivity index (χ0v) is 13.5. The summed E-state index contributed by atoms with van der Waals surface area (Å²) >= 11 is 0. The third-order valence-electron chi connectivity index (χ3n) is 3.75. The second kappa shape index (κ2) is 5.55. The number of hydrogen-bond donors (Lipinski definition) is 2. The molecular weight excluding hydrogens is 310 g/mol. The van der Waals surface area contributed by atoms with E-state index < -0.39 is 10.0 Å². The van der Waals surface area contributed by atoms with Crippen LogP contribution in [0, 0.1) is 12.3 Å². The van der Waals surface area contributed by atoms with E-state index in [-0.39, 0.29) is 10.7 Å². The minimum atomic E-state index is -3.65. The van der Waals surface area contributed by atoms with Crippen LogP contribution < -0.4 is 5.73 Å². The lowest BCUT2D eigenvalue weighted by atomic mass is 10.1. The Hall–Kier alpha value is -2.60. The van der Waals surface area contributed by atoms with Gasteiger partial charge in [-0.25, -0.2) is 12.4 Å². The van der Waals surface area contributed by atoms with Gasteiger partial charge < -0.3 is 5.73 Å². The Morgan fingerprint density at radius 3 is 2.48 bits per heavy atom. The zero-order chi connectivity index (χ0) is 16.6.